The quantitative estimate of drug-likeness (QED) is 0.609. The van der Waals surface area contributed by atoms with Crippen LogP contribution in [0.4, 0.5) is 0 Å². The van der Waals surface area contributed by atoms with Crippen LogP contribution in [0.25, 0.3) is 0 Å². The molecule has 0 bridgehead atoms. The van der Waals surface area contributed by atoms with Crippen LogP contribution in [0, 0.1) is 0 Å². The lowest BCUT2D eigenvalue weighted by Gasteiger charge is -2.15. The molecule has 1 atom stereocenters. The Bertz CT molecular complexity index is 893. The number of carbonyl (C=O) groups excluding carboxylic acids is 1. The minimum Gasteiger partial charge on any atom is -0.479 e. The molecule has 0 aliphatic carbocycles. The highest BCUT2D eigenvalue weighted by molar-refractivity contribution is 7.89. The number of aliphatic carboxylic acids is 1. The maximum Gasteiger partial charge on any atom is 0.330 e. The van der Waals surface area contributed by atoms with Gasteiger partial charge >= 0.3 is 5.97 Å². The van der Waals surface area contributed by atoms with E-state index in [-0.39, 0.29) is 17.0 Å². The number of carboxylic acids is 1. The number of rotatable bonds is 8. The summed E-state index contributed by atoms with van der Waals surface area (Å²) >= 11 is 0. The second-order valence-corrected chi connectivity index (χ2v) is 7.09. The van der Waals surface area contributed by atoms with E-state index < -0.39 is 27.9 Å². The molecule has 136 valence electrons. The van der Waals surface area contributed by atoms with Gasteiger partial charge in [0.1, 0.15) is 0 Å². The van der Waals surface area contributed by atoms with Gasteiger partial charge < -0.3 is 10.4 Å². The van der Waals surface area contributed by atoms with Crippen molar-refractivity contribution in [2.45, 2.75) is 10.9 Å². The first kappa shape index (κ1) is 19.4. The molecule has 26 heavy (non-hydrogen) atoms. The molecule has 0 heterocycles. The van der Waals surface area contributed by atoms with E-state index in [0.717, 1.165) is 0 Å². The Morgan fingerprint density at radius 3 is 2.23 bits per heavy atom. The van der Waals surface area contributed by atoms with E-state index in [1.165, 1.54) is 30.3 Å². The van der Waals surface area contributed by atoms with Crippen molar-refractivity contribution in [1.82, 2.24) is 10.0 Å². The van der Waals surface area contributed by atoms with Crippen LogP contribution in [-0.2, 0) is 14.8 Å². The van der Waals surface area contributed by atoms with Crippen LogP contribution < -0.4 is 10.0 Å². The first-order valence-electron chi connectivity index (χ1n) is 7.64. The maximum absolute atomic E-state index is 12.3. The summed E-state index contributed by atoms with van der Waals surface area (Å²) in [5, 5.41) is 11.8. The van der Waals surface area contributed by atoms with Crippen LogP contribution in [0.2, 0.25) is 0 Å². The standard InChI is InChI=1S/C18H18N2O5S/c1-2-12-19-26(24,25)15-10-8-14(9-11-15)17(21)20-16(18(22)23)13-6-4-3-5-7-13/h2-11,16,19H,1,12H2,(H,20,21)(H,22,23)/t16-/m1/s1. The van der Waals surface area contributed by atoms with Gasteiger partial charge in [0, 0.05) is 12.1 Å². The lowest BCUT2D eigenvalue weighted by Crippen LogP contribution is -2.33. The molecule has 0 aromatic heterocycles. The number of hydrogen-bond acceptors (Lipinski definition) is 4. The summed E-state index contributed by atoms with van der Waals surface area (Å²) < 4.78 is 26.3. The minimum absolute atomic E-state index is 0.00579. The molecule has 0 aliphatic heterocycles. The van der Waals surface area contributed by atoms with Crippen molar-refractivity contribution in [3.63, 3.8) is 0 Å². The Balaban J connectivity index is 2.17. The van der Waals surface area contributed by atoms with Crippen molar-refractivity contribution < 1.29 is 23.1 Å². The predicted octanol–water partition coefficient (Wildman–Crippen LogP) is 1.71. The van der Waals surface area contributed by atoms with E-state index in [0.29, 0.717) is 5.56 Å². The van der Waals surface area contributed by atoms with Crippen LogP contribution in [0.15, 0.2) is 72.1 Å². The molecule has 3 N–H and O–H groups in total. The molecule has 2 aromatic rings. The molecule has 2 aromatic carbocycles. The fourth-order valence-electron chi connectivity index (χ4n) is 2.18. The van der Waals surface area contributed by atoms with E-state index in [1.54, 1.807) is 30.3 Å². The Kier molecular flexibility index (Phi) is 6.26. The number of benzene rings is 2. The van der Waals surface area contributed by atoms with Crippen molar-refractivity contribution in [2.75, 3.05) is 6.54 Å². The van der Waals surface area contributed by atoms with E-state index in [1.807, 2.05) is 0 Å². The number of sulfonamides is 1. The third-order valence-electron chi connectivity index (χ3n) is 3.50. The van der Waals surface area contributed by atoms with Crippen LogP contribution in [0.5, 0.6) is 0 Å². The van der Waals surface area contributed by atoms with Gasteiger partial charge in [-0.2, -0.15) is 0 Å². The average molecular weight is 374 g/mol. The van der Waals surface area contributed by atoms with Gasteiger partial charge in [0.2, 0.25) is 10.0 Å². The zero-order valence-corrected chi connectivity index (χ0v) is 14.6. The summed E-state index contributed by atoms with van der Waals surface area (Å²) in [4.78, 5) is 23.7. The molecule has 8 heteroatoms. The Morgan fingerprint density at radius 1 is 1.08 bits per heavy atom. The Hall–Kier alpha value is -2.97. The fraction of sp³-hybridized carbons (Fsp3) is 0.111. The van der Waals surface area contributed by atoms with Crippen molar-refractivity contribution in [3.05, 3.63) is 78.4 Å². The van der Waals surface area contributed by atoms with E-state index in [4.69, 9.17) is 0 Å². The van der Waals surface area contributed by atoms with E-state index in [9.17, 15) is 23.1 Å². The largest absolute Gasteiger partial charge is 0.479 e. The molecule has 7 nitrogen and oxygen atoms in total. The molecule has 0 spiro atoms. The minimum atomic E-state index is -3.69. The molecule has 0 saturated carbocycles. The molecule has 0 unspecified atom stereocenters. The van der Waals surface area contributed by atoms with E-state index >= 15 is 0 Å². The summed E-state index contributed by atoms with van der Waals surface area (Å²) in [6, 6.07) is 12.3. The van der Waals surface area contributed by atoms with Crippen molar-refractivity contribution in [3.8, 4) is 0 Å². The highest BCUT2D eigenvalue weighted by Gasteiger charge is 2.22. The smallest absolute Gasteiger partial charge is 0.330 e. The molecular weight excluding hydrogens is 356 g/mol. The van der Waals surface area contributed by atoms with Gasteiger partial charge in [-0.05, 0) is 29.8 Å². The molecule has 0 aliphatic rings. The second-order valence-electron chi connectivity index (χ2n) is 5.32. The summed E-state index contributed by atoms with van der Waals surface area (Å²) in [6.07, 6.45) is 1.41. The summed E-state index contributed by atoms with van der Waals surface area (Å²) in [7, 11) is -3.69. The first-order chi connectivity index (χ1) is 12.3. The lowest BCUT2D eigenvalue weighted by atomic mass is 10.1. The SMILES string of the molecule is C=CCNS(=O)(=O)c1ccc(C(=O)N[C@@H](C(=O)O)c2ccccc2)cc1. The van der Waals surface area contributed by atoms with Crippen LogP contribution in [0.1, 0.15) is 22.0 Å². The van der Waals surface area contributed by atoms with Crippen molar-refractivity contribution in [1.29, 1.82) is 0 Å². The highest BCUT2D eigenvalue weighted by atomic mass is 32.2. The van der Waals surface area contributed by atoms with Gasteiger partial charge in [-0.1, -0.05) is 36.4 Å². The predicted molar refractivity (Wildman–Crippen MR) is 96.1 cm³/mol. The van der Waals surface area contributed by atoms with Gasteiger partial charge in [0.15, 0.2) is 6.04 Å². The average Bonchev–Trinajstić information content (AvgIpc) is 2.65. The third kappa shape index (κ3) is 4.78. The topological polar surface area (TPSA) is 113 Å². The molecule has 2 rings (SSSR count). The van der Waals surface area contributed by atoms with Gasteiger partial charge in [0.05, 0.1) is 4.90 Å². The van der Waals surface area contributed by atoms with Crippen LogP contribution in [0.3, 0.4) is 0 Å². The van der Waals surface area contributed by atoms with Gasteiger partial charge in [-0.25, -0.2) is 17.9 Å². The number of carboxylic acid groups (broad SMARTS) is 1. The maximum atomic E-state index is 12.3. The third-order valence-corrected chi connectivity index (χ3v) is 4.94. The zero-order chi connectivity index (χ0) is 19.2. The van der Waals surface area contributed by atoms with Gasteiger partial charge in [0.25, 0.3) is 5.91 Å². The number of carbonyl (C=O) groups is 2. The van der Waals surface area contributed by atoms with Gasteiger partial charge in [-0.3, -0.25) is 4.79 Å². The molecule has 0 saturated heterocycles. The molecular formula is C18H18N2O5S. The van der Waals surface area contributed by atoms with Crippen molar-refractivity contribution in [2.24, 2.45) is 0 Å². The van der Waals surface area contributed by atoms with Crippen LogP contribution >= 0.6 is 0 Å². The Morgan fingerprint density at radius 2 is 1.69 bits per heavy atom. The zero-order valence-electron chi connectivity index (χ0n) is 13.8. The number of hydrogen-bond donors (Lipinski definition) is 3. The van der Waals surface area contributed by atoms with Crippen molar-refractivity contribution >= 4 is 21.9 Å². The fourth-order valence-corrected chi connectivity index (χ4v) is 3.18. The normalized spacial score (nSPS) is 12.2. The Labute approximate surface area is 151 Å². The first-order valence-corrected chi connectivity index (χ1v) is 9.12. The highest BCUT2D eigenvalue weighted by Crippen LogP contribution is 2.15. The molecule has 0 radical (unpaired) electrons. The summed E-state index contributed by atoms with van der Waals surface area (Å²) in [5.41, 5.74) is 0.580. The molecule has 0 fully saturated rings. The second kappa shape index (κ2) is 8.41. The van der Waals surface area contributed by atoms with Crippen LogP contribution in [-0.4, -0.2) is 31.9 Å². The number of amides is 1. The lowest BCUT2D eigenvalue weighted by molar-refractivity contribution is -0.139. The molecule has 1 amide bonds. The number of nitrogens with one attached hydrogen (secondary N) is 2. The monoisotopic (exact) mass is 374 g/mol. The summed E-state index contributed by atoms with van der Waals surface area (Å²) in [5.74, 6) is -1.82. The van der Waals surface area contributed by atoms with E-state index in [2.05, 4.69) is 16.6 Å². The summed E-state index contributed by atoms with van der Waals surface area (Å²) in [6.45, 7) is 3.52. The van der Waals surface area contributed by atoms with Gasteiger partial charge in [-0.15, -0.1) is 6.58 Å².